The lowest BCUT2D eigenvalue weighted by Crippen LogP contribution is -2.45. The van der Waals surface area contributed by atoms with Crippen LogP contribution < -0.4 is 11.1 Å². The molecule has 5 nitrogen and oxygen atoms in total. The topological polar surface area (TPSA) is 92.4 Å². The van der Waals surface area contributed by atoms with Crippen molar-refractivity contribution < 1.29 is 19.1 Å². The number of benzene rings is 1. The Morgan fingerprint density at radius 1 is 1.38 bits per heavy atom. The summed E-state index contributed by atoms with van der Waals surface area (Å²) < 4.78 is 12.5. The van der Waals surface area contributed by atoms with Gasteiger partial charge in [0.2, 0.25) is 5.91 Å². The van der Waals surface area contributed by atoms with Crippen LogP contribution in [0.2, 0.25) is 0 Å². The van der Waals surface area contributed by atoms with Gasteiger partial charge in [-0.3, -0.25) is 4.79 Å². The van der Waals surface area contributed by atoms with Crippen molar-refractivity contribution in [3.63, 3.8) is 0 Å². The third-order valence-corrected chi connectivity index (χ3v) is 1.93. The van der Waals surface area contributed by atoms with Gasteiger partial charge < -0.3 is 16.2 Å². The lowest BCUT2D eigenvalue weighted by atomic mass is 10.2. The fraction of sp³-hybridized carbons (Fsp3) is 0.200. The number of amides is 1. The van der Waals surface area contributed by atoms with E-state index in [0.717, 1.165) is 0 Å². The van der Waals surface area contributed by atoms with Crippen LogP contribution in [-0.4, -0.2) is 23.0 Å². The molecule has 16 heavy (non-hydrogen) atoms. The van der Waals surface area contributed by atoms with Crippen LogP contribution in [0.1, 0.15) is 5.56 Å². The summed E-state index contributed by atoms with van der Waals surface area (Å²) in [5, 5.41) is 10.8. The molecule has 0 bridgehead atoms. The Labute approximate surface area is 91.1 Å². The van der Waals surface area contributed by atoms with Crippen LogP contribution in [0, 0.1) is 5.82 Å². The minimum atomic E-state index is -1.58. The highest BCUT2D eigenvalue weighted by Gasteiger charge is 2.20. The number of carbonyl (C=O) groups excluding carboxylic acids is 1. The molecular weight excluding hydrogens is 215 g/mol. The van der Waals surface area contributed by atoms with Crippen molar-refractivity contribution in [3.05, 3.63) is 35.6 Å². The molecule has 0 heterocycles. The zero-order chi connectivity index (χ0) is 12.1. The third-order valence-electron chi connectivity index (χ3n) is 1.93. The average Bonchev–Trinajstić information content (AvgIpc) is 2.26. The van der Waals surface area contributed by atoms with Gasteiger partial charge in [-0.05, 0) is 17.7 Å². The first kappa shape index (κ1) is 12.1. The molecule has 0 aliphatic carbocycles. The average molecular weight is 226 g/mol. The summed E-state index contributed by atoms with van der Waals surface area (Å²) >= 11 is 0. The second-order valence-corrected chi connectivity index (χ2v) is 3.16. The van der Waals surface area contributed by atoms with Crippen molar-refractivity contribution in [1.29, 1.82) is 0 Å². The minimum Gasteiger partial charge on any atom is -0.480 e. The molecule has 1 aromatic carbocycles. The maximum atomic E-state index is 12.5. The third kappa shape index (κ3) is 3.32. The van der Waals surface area contributed by atoms with Crippen LogP contribution in [0.3, 0.4) is 0 Å². The molecule has 0 aliphatic heterocycles. The van der Waals surface area contributed by atoms with Crippen molar-refractivity contribution in [3.8, 4) is 0 Å². The number of rotatable bonds is 4. The van der Waals surface area contributed by atoms with E-state index < -0.39 is 17.9 Å². The molecular formula is C10H11FN2O3. The van der Waals surface area contributed by atoms with Crippen LogP contribution in [0.5, 0.6) is 0 Å². The summed E-state index contributed by atoms with van der Waals surface area (Å²) in [5.74, 6) is -2.55. The number of hydrogen-bond donors (Lipinski definition) is 3. The molecule has 1 rings (SSSR count). The lowest BCUT2D eigenvalue weighted by molar-refractivity contribution is -0.142. The van der Waals surface area contributed by atoms with Gasteiger partial charge in [0, 0.05) is 6.54 Å². The molecule has 1 aromatic rings. The normalized spacial score (nSPS) is 11.9. The quantitative estimate of drug-likeness (QED) is 0.623. The summed E-state index contributed by atoms with van der Waals surface area (Å²) in [6, 6.07) is 3.89. The Morgan fingerprint density at radius 2 is 1.94 bits per heavy atom. The van der Waals surface area contributed by atoms with Crippen LogP contribution >= 0.6 is 0 Å². The molecule has 86 valence electrons. The van der Waals surface area contributed by atoms with Gasteiger partial charge >= 0.3 is 5.97 Å². The number of nitrogens with one attached hydrogen (secondary N) is 1. The first-order chi connectivity index (χ1) is 7.50. The Hall–Kier alpha value is -1.95. The zero-order valence-electron chi connectivity index (χ0n) is 8.31. The van der Waals surface area contributed by atoms with E-state index in [0.29, 0.717) is 5.56 Å². The van der Waals surface area contributed by atoms with E-state index in [1.54, 1.807) is 0 Å². The molecule has 1 atom stereocenters. The summed E-state index contributed by atoms with van der Waals surface area (Å²) in [6.45, 7) is 0.111. The highest BCUT2D eigenvalue weighted by atomic mass is 19.1. The SMILES string of the molecule is NC(C(=O)O)C(=O)NCc1ccc(F)cc1. The molecule has 0 aromatic heterocycles. The highest BCUT2D eigenvalue weighted by molar-refractivity contribution is 6.00. The van der Waals surface area contributed by atoms with Crippen molar-refractivity contribution in [2.45, 2.75) is 12.6 Å². The van der Waals surface area contributed by atoms with Crippen LogP contribution in [0.15, 0.2) is 24.3 Å². The monoisotopic (exact) mass is 226 g/mol. The van der Waals surface area contributed by atoms with E-state index >= 15 is 0 Å². The van der Waals surface area contributed by atoms with E-state index in [2.05, 4.69) is 5.32 Å². The summed E-state index contributed by atoms with van der Waals surface area (Å²) in [7, 11) is 0. The molecule has 0 spiro atoms. The van der Waals surface area contributed by atoms with Gasteiger partial charge in [0.1, 0.15) is 5.82 Å². The van der Waals surface area contributed by atoms with E-state index in [4.69, 9.17) is 10.8 Å². The van der Waals surface area contributed by atoms with E-state index in [1.165, 1.54) is 24.3 Å². The minimum absolute atomic E-state index is 0.111. The van der Waals surface area contributed by atoms with Crippen molar-refractivity contribution in [2.24, 2.45) is 5.73 Å². The fourth-order valence-corrected chi connectivity index (χ4v) is 1.01. The fourth-order valence-electron chi connectivity index (χ4n) is 1.01. The number of hydrogen-bond acceptors (Lipinski definition) is 3. The molecule has 1 unspecified atom stereocenters. The predicted octanol–water partition coefficient (Wildman–Crippen LogP) is -0.146. The molecule has 0 aliphatic rings. The van der Waals surface area contributed by atoms with Gasteiger partial charge in [-0.2, -0.15) is 0 Å². The van der Waals surface area contributed by atoms with Gasteiger partial charge in [-0.25, -0.2) is 9.18 Å². The van der Waals surface area contributed by atoms with Gasteiger partial charge in [0.15, 0.2) is 6.04 Å². The Morgan fingerprint density at radius 3 is 2.44 bits per heavy atom. The van der Waals surface area contributed by atoms with E-state index in [-0.39, 0.29) is 12.4 Å². The van der Waals surface area contributed by atoms with Crippen molar-refractivity contribution >= 4 is 11.9 Å². The summed E-state index contributed by atoms with van der Waals surface area (Å²) in [5.41, 5.74) is 5.74. The van der Waals surface area contributed by atoms with E-state index in [9.17, 15) is 14.0 Å². The predicted molar refractivity (Wildman–Crippen MR) is 53.9 cm³/mol. The van der Waals surface area contributed by atoms with Gasteiger partial charge in [0.05, 0.1) is 0 Å². The number of halogens is 1. The first-order valence-corrected chi connectivity index (χ1v) is 4.51. The Kier molecular flexibility index (Phi) is 3.96. The molecule has 1 amide bonds. The number of carboxylic acid groups (broad SMARTS) is 1. The molecule has 0 saturated carbocycles. The molecule has 0 saturated heterocycles. The Balaban J connectivity index is 2.49. The maximum absolute atomic E-state index is 12.5. The molecule has 0 radical (unpaired) electrons. The number of nitrogens with two attached hydrogens (primary N) is 1. The smallest absolute Gasteiger partial charge is 0.330 e. The first-order valence-electron chi connectivity index (χ1n) is 4.51. The lowest BCUT2D eigenvalue weighted by Gasteiger charge is -2.08. The van der Waals surface area contributed by atoms with Crippen molar-refractivity contribution in [1.82, 2.24) is 5.32 Å². The van der Waals surface area contributed by atoms with Gasteiger partial charge in [0.25, 0.3) is 0 Å². The Bertz CT molecular complexity index is 392. The molecule has 4 N–H and O–H groups in total. The largest absolute Gasteiger partial charge is 0.480 e. The molecule has 0 fully saturated rings. The maximum Gasteiger partial charge on any atom is 0.330 e. The number of aliphatic carboxylic acids is 1. The second kappa shape index (κ2) is 5.22. The zero-order valence-corrected chi connectivity index (χ0v) is 8.31. The summed E-state index contributed by atoms with van der Waals surface area (Å²) in [4.78, 5) is 21.5. The summed E-state index contributed by atoms with van der Waals surface area (Å²) in [6.07, 6.45) is 0. The number of carbonyl (C=O) groups is 2. The van der Waals surface area contributed by atoms with Crippen molar-refractivity contribution in [2.75, 3.05) is 0 Å². The van der Waals surface area contributed by atoms with Crippen LogP contribution in [0.4, 0.5) is 4.39 Å². The van der Waals surface area contributed by atoms with Crippen LogP contribution in [0.25, 0.3) is 0 Å². The number of carboxylic acids is 1. The standard InChI is InChI=1S/C10H11FN2O3/c11-7-3-1-6(2-4-7)5-13-9(14)8(12)10(15)16/h1-4,8H,5,12H2,(H,13,14)(H,15,16). The van der Waals surface area contributed by atoms with Gasteiger partial charge in [-0.15, -0.1) is 0 Å². The van der Waals surface area contributed by atoms with Gasteiger partial charge in [-0.1, -0.05) is 12.1 Å². The second-order valence-electron chi connectivity index (χ2n) is 3.16. The highest BCUT2D eigenvalue weighted by Crippen LogP contribution is 2.01. The molecule has 6 heteroatoms. The van der Waals surface area contributed by atoms with E-state index in [1.807, 2.05) is 0 Å². The van der Waals surface area contributed by atoms with Crippen LogP contribution in [-0.2, 0) is 16.1 Å².